The van der Waals surface area contributed by atoms with E-state index in [0.29, 0.717) is 5.69 Å². The molecule has 0 bridgehead atoms. The van der Waals surface area contributed by atoms with E-state index in [9.17, 15) is 13.2 Å². The van der Waals surface area contributed by atoms with Crippen LogP contribution in [0, 0.1) is 0 Å². The molecule has 0 aliphatic rings. The monoisotopic (exact) mass is 287 g/mol. The zero-order valence-electron chi connectivity index (χ0n) is 11.4. The SMILES string of the molecule is CC(C)n1nccc1NCc1cc(C(F)(F)F)nn1C. The minimum absolute atomic E-state index is 0.171. The summed E-state index contributed by atoms with van der Waals surface area (Å²) < 4.78 is 40.7. The molecule has 20 heavy (non-hydrogen) atoms. The summed E-state index contributed by atoms with van der Waals surface area (Å²) in [5.74, 6) is 0.759. The zero-order valence-corrected chi connectivity index (χ0v) is 11.4. The van der Waals surface area contributed by atoms with Gasteiger partial charge in [-0.1, -0.05) is 0 Å². The maximum absolute atomic E-state index is 12.6. The van der Waals surface area contributed by atoms with Crippen molar-refractivity contribution >= 4 is 5.82 Å². The van der Waals surface area contributed by atoms with Gasteiger partial charge < -0.3 is 5.32 Å². The van der Waals surface area contributed by atoms with E-state index in [2.05, 4.69) is 15.5 Å². The third kappa shape index (κ3) is 2.94. The molecule has 8 heteroatoms. The average molecular weight is 287 g/mol. The van der Waals surface area contributed by atoms with Crippen molar-refractivity contribution in [3.63, 3.8) is 0 Å². The fourth-order valence-corrected chi connectivity index (χ4v) is 1.86. The van der Waals surface area contributed by atoms with Crippen LogP contribution in [0.15, 0.2) is 18.3 Å². The van der Waals surface area contributed by atoms with Crippen LogP contribution in [0.3, 0.4) is 0 Å². The second kappa shape index (κ2) is 5.18. The Morgan fingerprint density at radius 2 is 2.05 bits per heavy atom. The van der Waals surface area contributed by atoms with E-state index >= 15 is 0 Å². The van der Waals surface area contributed by atoms with E-state index in [1.54, 1.807) is 16.9 Å². The minimum Gasteiger partial charge on any atom is -0.365 e. The molecule has 110 valence electrons. The highest BCUT2D eigenvalue weighted by Gasteiger charge is 2.34. The summed E-state index contributed by atoms with van der Waals surface area (Å²) in [5, 5.41) is 10.7. The number of nitrogens with zero attached hydrogens (tertiary/aromatic N) is 4. The van der Waals surface area contributed by atoms with Crippen molar-refractivity contribution in [3.05, 3.63) is 29.7 Å². The maximum Gasteiger partial charge on any atom is 0.435 e. The molecule has 0 saturated carbocycles. The maximum atomic E-state index is 12.6. The molecule has 5 nitrogen and oxygen atoms in total. The molecule has 2 rings (SSSR count). The molecule has 0 fully saturated rings. The van der Waals surface area contributed by atoms with Crippen LogP contribution in [0.4, 0.5) is 19.0 Å². The molecular weight excluding hydrogens is 271 g/mol. The number of rotatable bonds is 4. The predicted octanol–water partition coefficient (Wildman–Crippen LogP) is 2.83. The number of hydrogen-bond donors (Lipinski definition) is 1. The molecular formula is C12H16F3N5. The summed E-state index contributed by atoms with van der Waals surface area (Å²) >= 11 is 0. The van der Waals surface area contributed by atoms with Gasteiger partial charge in [-0.25, -0.2) is 4.68 Å². The van der Waals surface area contributed by atoms with Crippen LogP contribution in [-0.4, -0.2) is 19.6 Å². The third-order valence-electron chi connectivity index (χ3n) is 2.88. The van der Waals surface area contributed by atoms with Gasteiger partial charge in [0.25, 0.3) is 0 Å². The molecule has 0 saturated heterocycles. The second-order valence-electron chi connectivity index (χ2n) is 4.75. The first-order valence-corrected chi connectivity index (χ1v) is 6.16. The zero-order chi connectivity index (χ0) is 14.9. The van der Waals surface area contributed by atoms with E-state index in [-0.39, 0.29) is 12.6 Å². The highest BCUT2D eigenvalue weighted by Crippen LogP contribution is 2.28. The number of nitrogens with one attached hydrogen (secondary N) is 1. The Bertz CT molecular complexity index is 582. The molecule has 0 aliphatic heterocycles. The van der Waals surface area contributed by atoms with Gasteiger partial charge in [-0.3, -0.25) is 4.68 Å². The first kappa shape index (κ1) is 14.4. The summed E-state index contributed by atoms with van der Waals surface area (Å²) in [5.41, 5.74) is -0.428. The number of aromatic nitrogens is 4. The largest absolute Gasteiger partial charge is 0.435 e. The normalized spacial score (nSPS) is 12.2. The van der Waals surface area contributed by atoms with Gasteiger partial charge in [-0.05, 0) is 19.9 Å². The average Bonchev–Trinajstić information content (AvgIpc) is 2.91. The highest BCUT2D eigenvalue weighted by molar-refractivity contribution is 5.35. The highest BCUT2D eigenvalue weighted by atomic mass is 19.4. The quantitative estimate of drug-likeness (QED) is 0.940. The fraction of sp³-hybridized carbons (Fsp3) is 0.500. The Morgan fingerprint density at radius 3 is 2.60 bits per heavy atom. The molecule has 1 N–H and O–H groups in total. The molecule has 0 amide bonds. The predicted molar refractivity (Wildman–Crippen MR) is 68.1 cm³/mol. The van der Waals surface area contributed by atoms with Crippen LogP contribution in [0.2, 0.25) is 0 Å². The van der Waals surface area contributed by atoms with Crippen molar-refractivity contribution < 1.29 is 13.2 Å². The smallest absolute Gasteiger partial charge is 0.365 e. The topological polar surface area (TPSA) is 47.7 Å². The Labute approximate surface area is 114 Å². The fourth-order valence-electron chi connectivity index (χ4n) is 1.86. The molecule has 0 spiro atoms. The van der Waals surface area contributed by atoms with E-state index in [0.717, 1.165) is 11.9 Å². The van der Waals surface area contributed by atoms with Gasteiger partial charge in [-0.15, -0.1) is 0 Å². The van der Waals surface area contributed by atoms with Crippen LogP contribution in [-0.2, 0) is 19.8 Å². The van der Waals surface area contributed by atoms with Gasteiger partial charge in [0.15, 0.2) is 5.69 Å². The molecule has 2 aromatic heterocycles. The minimum atomic E-state index is -4.42. The van der Waals surface area contributed by atoms with Gasteiger partial charge in [0.1, 0.15) is 5.82 Å². The van der Waals surface area contributed by atoms with Crippen molar-refractivity contribution in [2.75, 3.05) is 5.32 Å². The summed E-state index contributed by atoms with van der Waals surface area (Å²) in [4.78, 5) is 0. The van der Waals surface area contributed by atoms with Crippen molar-refractivity contribution in [1.82, 2.24) is 19.6 Å². The van der Waals surface area contributed by atoms with Crippen LogP contribution < -0.4 is 5.32 Å². The van der Waals surface area contributed by atoms with E-state index in [1.807, 2.05) is 13.8 Å². The summed E-state index contributed by atoms with van der Waals surface area (Å²) in [6, 6.07) is 2.99. The van der Waals surface area contributed by atoms with Gasteiger partial charge in [0, 0.05) is 19.2 Å². The first-order chi connectivity index (χ1) is 9.29. The molecule has 0 atom stereocenters. The summed E-state index contributed by atoms with van der Waals surface area (Å²) in [7, 11) is 1.49. The lowest BCUT2D eigenvalue weighted by Crippen LogP contribution is -2.11. The van der Waals surface area contributed by atoms with Gasteiger partial charge in [0.05, 0.1) is 18.4 Å². The molecule has 0 aromatic carbocycles. The Morgan fingerprint density at radius 1 is 1.35 bits per heavy atom. The Balaban J connectivity index is 2.11. The van der Waals surface area contributed by atoms with Gasteiger partial charge in [0.2, 0.25) is 0 Å². The number of anilines is 1. The van der Waals surface area contributed by atoms with Crippen LogP contribution >= 0.6 is 0 Å². The standard InChI is InChI=1S/C12H16F3N5/c1-8(2)20-11(4-5-17-20)16-7-9-6-10(12(13,14)15)18-19(9)3/h4-6,8,16H,7H2,1-3H3. The van der Waals surface area contributed by atoms with Gasteiger partial charge >= 0.3 is 6.18 Å². The van der Waals surface area contributed by atoms with Crippen LogP contribution in [0.5, 0.6) is 0 Å². The molecule has 0 unspecified atom stereocenters. The number of alkyl halides is 3. The van der Waals surface area contributed by atoms with Gasteiger partial charge in [-0.2, -0.15) is 23.4 Å². The van der Waals surface area contributed by atoms with Crippen molar-refractivity contribution in [2.45, 2.75) is 32.6 Å². The molecule has 2 aromatic rings. The lowest BCUT2D eigenvalue weighted by molar-refractivity contribution is -0.141. The Hall–Kier alpha value is -1.99. The second-order valence-corrected chi connectivity index (χ2v) is 4.75. The lowest BCUT2D eigenvalue weighted by Gasteiger charge is -2.12. The molecule has 2 heterocycles. The van der Waals surface area contributed by atoms with Crippen molar-refractivity contribution in [1.29, 1.82) is 0 Å². The number of aryl methyl sites for hydroxylation is 1. The summed E-state index contributed by atoms with van der Waals surface area (Å²) in [6.45, 7) is 4.20. The van der Waals surface area contributed by atoms with Crippen LogP contribution in [0.1, 0.15) is 31.3 Å². The van der Waals surface area contributed by atoms with E-state index in [1.165, 1.54) is 11.7 Å². The lowest BCUT2D eigenvalue weighted by atomic mass is 10.3. The number of hydrogen-bond acceptors (Lipinski definition) is 3. The molecule has 0 radical (unpaired) electrons. The van der Waals surface area contributed by atoms with Crippen LogP contribution in [0.25, 0.3) is 0 Å². The summed E-state index contributed by atoms with van der Waals surface area (Å²) in [6.07, 6.45) is -2.78. The third-order valence-corrected chi connectivity index (χ3v) is 2.88. The van der Waals surface area contributed by atoms with Crippen molar-refractivity contribution in [3.8, 4) is 0 Å². The van der Waals surface area contributed by atoms with E-state index < -0.39 is 11.9 Å². The molecule has 0 aliphatic carbocycles. The number of halogens is 3. The first-order valence-electron chi connectivity index (χ1n) is 6.16. The van der Waals surface area contributed by atoms with E-state index in [4.69, 9.17) is 0 Å². The van der Waals surface area contributed by atoms with Crippen molar-refractivity contribution in [2.24, 2.45) is 7.05 Å². The Kier molecular flexibility index (Phi) is 3.74.